The smallest absolute Gasteiger partial charge is 0.169 e. The van der Waals surface area contributed by atoms with Gasteiger partial charge >= 0.3 is 0 Å². The van der Waals surface area contributed by atoms with Gasteiger partial charge in [0.2, 0.25) is 0 Å². The van der Waals surface area contributed by atoms with Crippen LogP contribution in [0, 0.1) is 11.3 Å². The van der Waals surface area contributed by atoms with E-state index in [-0.39, 0.29) is 5.41 Å². The van der Waals surface area contributed by atoms with Crippen LogP contribution < -0.4 is 0 Å². The Bertz CT molecular complexity index is 531. The lowest BCUT2D eigenvalue weighted by Crippen LogP contribution is -2.60. The quantitative estimate of drug-likeness (QED) is 0.716. The first kappa shape index (κ1) is 11.0. The number of Topliss-reactive ketones (excluding diaryl/α,β-unsaturated/α-hetero) is 1. The Labute approximate surface area is 112 Å². The third-order valence-corrected chi connectivity index (χ3v) is 5.63. The maximum absolute atomic E-state index is 12.9. The van der Waals surface area contributed by atoms with Gasteiger partial charge in [0, 0.05) is 22.5 Å². The van der Waals surface area contributed by atoms with Gasteiger partial charge in [-0.1, -0.05) is 23.7 Å². The predicted octanol–water partition coefficient (Wildman–Crippen LogP) is 2.79. The predicted molar refractivity (Wildman–Crippen MR) is 71.1 cm³/mol. The van der Waals surface area contributed by atoms with Crippen molar-refractivity contribution < 1.29 is 4.79 Å². The van der Waals surface area contributed by atoms with Crippen LogP contribution in [0.1, 0.15) is 28.8 Å². The number of hydrogen-bond acceptors (Lipinski definition) is 2. The Balaban J connectivity index is 1.88. The van der Waals surface area contributed by atoms with Crippen LogP contribution >= 0.6 is 11.6 Å². The molecule has 1 spiro atoms. The summed E-state index contributed by atoms with van der Waals surface area (Å²) >= 11 is 6.27. The minimum absolute atomic E-state index is 0.0631. The lowest BCUT2D eigenvalue weighted by molar-refractivity contribution is -0.0218. The fourth-order valence-corrected chi connectivity index (χ4v) is 4.45. The van der Waals surface area contributed by atoms with Gasteiger partial charge in [0.25, 0.3) is 0 Å². The summed E-state index contributed by atoms with van der Waals surface area (Å²) in [5.41, 5.74) is 1.93. The summed E-state index contributed by atoms with van der Waals surface area (Å²) in [5, 5.41) is 0.771. The molecule has 18 heavy (non-hydrogen) atoms. The topological polar surface area (TPSA) is 20.3 Å². The highest BCUT2D eigenvalue weighted by molar-refractivity contribution is 6.32. The second-order valence-electron chi connectivity index (χ2n) is 5.95. The zero-order valence-electron chi connectivity index (χ0n) is 10.3. The van der Waals surface area contributed by atoms with Crippen molar-refractivity contribution in [3.05, 3.63) is 34.3 Å². The molecule has 0 aromatic heterocycles. The number of rotatable bonds is 0. The fraction of sp³-hybridized carbons (Fsp3) is 0.533. The molecule has 1 aromatic carbocycles. The van der Waals surface area contributed by atoms with Gasteiger partial charge in [-0.3, -0.25) is 4.79 Å². The number of piperidine rings is 3. The minimum atomic E-state index is -0.0631. The van der Waals surface area contributed by atoms with Gasteiger partial charge in [-0.15, -0.1) is 0 Å². The van der Waals surface area contributed by atoms with Crippen molar-refractivity contribution in [1.29, 1.82) is 0 Å². The molecule has 94 valence electrons. The van der Waals surface area contributed by atoms with E-state index in [1.54, 1.807) is 0 Å². The lowest BCUT2D eigenvalue weighted by Gasteiger charge is -2.55. The first-order valence-corrected chi connectivity index (χ1v) is 7.13. The summed E-state index contributed by atoms with van der Waals surface area (Å²) in [4.78, 5) is 15.4. The van der Waals surface area contributed by atoms with Crippen molar-refractivity contribution in [2.24, 2.45) is 11.3 Å². The molecule has 2 bridgehead atoms. The molecule has 4 aliphatic rings. The number of ketones is 1. The van der Waals surface area contributed by atoms with Crippen molar-refractivity contribution in [3.63, 3.8) is 0 Å². The number of benzene rings is 1. The summed E-state index contributed by atoms with van der Waals surface area (Å²) in [6.07, 6.45) is 3.07. The van der Waals surface area contributed by atoms with Crippen LogP contribution in [-0.2, 0) is 6.42 Å². The standard InChI is InChI=1S/C15H16ClNO/c16-13-3-1-2-11-12(13)8-10-9-17-6-4-15(10,5-7-17)14(11)18/h1-3,10H,4-9H2. The lowest BCUT2D eigenvalue weighted by atomic mass is 9.56. The fourth-order valence-electron chi connectivity index (χ4n) is 4.20. The van der Waals surface area contributed by atoms with Gasteiger partial charge in [0.1, 0.15) is 0 Å². The Kier molecular flexibility index (Phi) is 2.19. The average Bonchev–Trinajstić information content (AvgIpc) is 2.41. The molecule has 3 heterocycles. The molecule has 1 unspecified atom stereocenters. The molecular weight excluding hydrogens is 246 g/mol. The number of fused-ring (bicyclic) bond motifs is 3. The first-order valence-electron chi connectivity index (χ1n) is 6.75. The van der Waals surface area contributed by atoms with E-state index in [0.29, 0.717) is 11.7 Å². The van der Waals surface area contributed by atoms with Crippen molar-refractivity contribution >= 4 is 17.4 Å². The van der Waals surface area contributed by atoms with Crippen molar-refractivity contribution in [2.75, 3.05) is 19.6 Å². The van der Waals surface area contributed by atoms with Gasteiger partial charge in [-0.05, 0) is 49.9 Å². The maximum atomic E-state index is 12.9. The van der Waals surface area contributed by atoms with E-state index in [1.807, 2.05) is 18.2 Å². The van der Waals surface area contributed by atoms with Gasteiger partial charge in [0.15, 0.2) is 5.78 Å². The first-order chi connectivity index (χ1) is 8.71. The number of carbonyl (C=O) groups is 1. The number of nitrogens with zero attached hydrogens (tertiary/aromatic N) is 1. The van der Waals surface area contributed by atoms with Crippen LogP contribution in [0.25, 0.3) is 0 Å². The third kappa shape index (κ3) is 1.25. The molecule has 0 radical (unpaired) electrons. The zero-order chi connectivity index (χ0) is 12.3. The molecule has 1 aliphatic carbocycles. The molecule has 0 saturated carbocycles. The zero-order valence-corrected chi connectivity index (χ0v) is 11.0. The Hall–Kier alpha value is -0.860. The highest BCUT2D eigenvalue weighted by Gasteiger charge is 2.54. The van der Waals surface area contributed by atoms with E-state index in [2.05, 4.69) is 4.90 Å². The highest BCUT2D eigenvalue weighted by atomic mass is 35.5. The van der Waals surface area contributed by atoms with E-state index < -0.39 is 0 Å². The minimum Gasteiger partial charge on any atom is -0.303 e. The number of hydrogen-bond donors (Lipinski definition) is 0. The SMILES string of the molecule is O=C1c2cccc(Cl)c2CC2CN3CCC12CC3. The second kappa shape index (κ2) is 3.58. The molecule has 3 aliphatic heterocycles. The number of carbonyl (C=O) groups excluding carboxylic acids is 1. The maximum Gasteiger partial charge on any atom is 0.169 e. The van der Waals surface area contributed by atoms with E-state index in [9.17, 15) is 4.79 Å². The Morgan fingerprint density at radius 2 is 2.06 bits per heavy atom. The summed E-state index contributed by atoms with van der Waals surface area (Å²) in [7, 11) is 0. The van der Waals surface area contributed by atoms with Crippen LogP contribution in [0.2, 0.25) is 5.02 Å². The Morgan fingerprint density at radius 1 is 1.28 bits per heavy atom. The number of halogens is 1. The largest absolute Gasteiger partial charge is 0.303 e. The summed E-state index contributed by atoms with van der Waals surface area (Å²) in [6, 6.07) is 5.79. The Morgan fingerprint density at radius 3 is 2.83 bits per heavy atom. The van der Waals surface area contributed by atoms with Gasteiger partial charge in [0.05, 0.1) is 0 Å². The monoisotopic (exact) mass is 261 g/mol. The van der Waals surface area contributed by atoms with Crippen molar-refractivity contribution in [2.45, 2.75) is 19.3 Å². The normalized spacial score (nSPS) is 37.3. The molecular formula is C15H16ClNO. The molecule has 3 saturated heterocycles. The van der Waals surface area contributed by atoms with Gasteiger partial charge in [-0.25, -0.2) is 0 Å². The molecule has 3 fully saturated rings. The van der Waals surface area contributed by atoms with Gasteiger partial charge < -0.3 is 4.90 Å². The molecule has 5 rings (SSSR count). The highest BCUT2D eigenvalue weighted by Crippen LogP contribution is 2.51. The van der Waals surface area contributed by atoms with Crippen LogP contribution in [0.3, 0.4) is 0 Å². The van der Waals surface area contributed by atoms with E-state index in [0.717, 1.165) is 55.0 Å². The van der Waals surface area contributed by atoms with Crippen molar-refractivity contribution in [3.8, 4) is 0 Å². The van der Waals surface area contributed by atoms with Crippen LogP contribution in [-0.4, -0.2) is 30.3 Å². The molecule has 2 nitrogen and oxygen atoms in total. The molecule has 1 atom stereocenters. The van der Waals surface area contributed by atoms with E-state index >= 15 is 0 Å². The van der Waals surface area contributed by atoms with Crippen LogP contribution in [0.15, 0.2) is 18.2 Å². The van der Waals surface area contributed by atoms with Gasteiger partial charge in [-0.2, -0.15) is 0 Å². The van der Waals surface area contributed by atoms with Crippen molar-refractivity contribution in [1.82, 2.24) is 4.90 Å². The molecule has 0 N–H and O–H groups in total. The van der Waals surface area contributed by atoms with E-state index in [1.165, 1.54) is 0 Å². The van der Waals surface area contributed by atoms with Crippen LogP contribution in [0.4, 0.5) is 0 Å². The summed E-state index contributed by atoms with van der Waals surface area (Å²) in [5.74, 6) is 0.857. The van der Waals surface area contributed by atoms with Crippen LogP contribution in [0.5, 0.6) is 0 Å². The summed E-state index contributed by atoms with van der Waals surface area (Å²) < 4.78 is 0. The summed E-state index contributed by atoms with van der Waals surface area (Å²) in [6.45, 7) is 3.27. The molecule has 1 aromatic rings. The molecule has 0 amide bonds. The third-order valence-electron chi connectivity index (χ3n) is 5.27. The average molecular weight is 262 g/mol. The van der Waals surface area contributed by atoms with E-state index in [4.69, 9.17) is 11.6 Å². The molecule has 3 heteroatoms. The second-order valence-corrected chi connectivity index (χ2v) is 6.36.